The van der Waals surface area contributed by atoms with E-state index in [0.717, 1.165) is 11.1 Å². The van der Waals surface area contributed by atoms with Crippen molar-refractivity contribution in [3.63, 3.8) is 0 Å². The number of alkyl halides is 6. The van der Waals surface area contributed by atoms with Gasteiger partial charge in [0, 0.05) is 5.41 Å². The van der Waals surface area contributed by atoms with Gasteiger partial charge in [0.1, 0.15) is 23.0 Å². The highest BCUT2D eigenvalue weighted by Gasteiger charge is 2.72. The minimum atomic E-state index is -5.82. The fraction of sp³-hybridized carbons (Fsp3) is 0.200. The number of anilines is 4. The summed E-state index contributed by atoms with van der Waals surface area (Å²) in [5, 5.41) is 37.6. The molecular weight excluding hydrogens is 594 g/mol. The number of hydrogen-bond acceptors (Lipinski definition) is 8. The molecule has 0 heterocycles. The van der Waals surface area contributed by atoms with Gasteiger partial charge in [-0.25, -0.2) is 0 Å². The third-order valence-corrected chi connectivity index (χ3v) is 7.27. The first-order valence-corrected chi connectivity index (χ1v) is 12.6. The van der Waals surface area contributed by atoms with Crippen LogP contribution in [0.15, 0.2) is 72.8 Å². The molecule has 0 saturated carbocycles. The average molecular weight is 625 g/mol. The lowest BCUT2D eigenvalue weighted by molar-refractivity contribution is -0.288. The number of aromatic hydroxyl groups is 4. The summed E-state index contributed by atoms with van der Waals surface area (Å²) in [5.74, 6) is -1.17. The predicted octanol–water partition coefficient (Wildman–Crippen LogP) is 6.26. The van der Waals surface area contributed by atoms with Gasteiger partial charge in [0.25, 0.3) is 0 Å². The molecule has 0 aliphatic rings. The van der Waals surface area contributed by atoms with E-state index in [0.29, 0.717) is 47.8 Å². The number of nitrogen functional groups attached to an aromatic ring is 4. The van der Waals surface area contributed by atoms with Crippen molar-refractivity contribution in [2.45, 2.75) is 37.0 Å². The Morgan fingerprint density at radius 2 is 0.659 bits per heavy atom. The van der Waals surface area contributed by atoms with E-state index in [1.807, 2.05) is 26.0 Å². The molecule has 4 rings (SSSR count). The second-order valence-corrected chi connectivity index (χ2v) is 10.5. The van der Waals surface area contributed by atoms with Gasteiger partial charge >= 0.3 is 12.4 Å². The maximum atomic E-state index is 13.8. The molecule has 0 atom stereocenters. The number of rotatable bonds is 4. The molecule has 0 radical (unpaired) electrons. The fourth-order valence-electron chi connectivity index (χ4n) is 4.61. The molecule has 0 aliphatic heterocycles. The SMILES string of the molecule is CC(C)(c1ccc(O)c(N)c1)c1ccc(O)c(N)c1.Nc1cc(C(c2ccc(O)c(N)c2)(C(F)(F)F)C(F)(F)F)ccc1O. The molecule has 0 unspecified atom stereocenters. The van der Waals surface area contributed by atoms with Crippen molar-refractivity contribution in [2.75, 3.05) is 22.9 Å². The Bertz CT molecular complexity index is 1550. The average Bonchev–Trinajstić information content (AvgIpc) is 2.90. The number of phenolic OH excluding ortho intramolecular Hbond substituents is 4. The van der Waals surface area contributed by atoms with Crippen LogP contribution >= 0.6 is 0 Å². The van der Waals surface area contributed by atoms with Crippen molar-refractivity contribution in [3.8, 4) is 23.0 Å². The number of hydrogen-bond donors (Lipinski definition) is 8. The Kier molecular flexibility index (Phi) is 8.73. The molecule has 0 aliphatic carbocycles. The highest BCUT2D eigenvalue weighted by molar-refractivity contribution is 5.62. The summed E-state index contributed by atoms with van der Waals surface area (Å²) in [6, 6.07) is 13.4. The Hall–Kier alpha value is -5.14. The summed E-state index contributed by atoms with van der Waals surface area (Å²) in [6.45, 7) is 4.06. The molecular formula is C30H30F6N4O4. The number of halogens is 6. The quantitative estimate of drug-likeness (QED) is 0.0743. The maximum absolute atomic E-state index is 13.8. The van der Waals surface area contributed by atoms with E-state index < -0.39 is 51.8 Å². The highest BCUT2D eigenvalue weighted by atomic mass is 19.4. The van der Waals surface area contributed by atoms with Crippen molar-refractivity contribution in [1.82, 2.24) is 0 Å². The highest BCUT2D eigenvalue weighted by Crippen LogP contribution is 2.57. The number of nitrogens with two attached hydrogens (primary N) is 4. The van der Waals surface area contributed by atoms with E-state index in [1.54, 1.807) is 24.3 Å². The van der Waals surface area contributed by atoms with E-state index >= 15 is 0 Å². The van der Waals surface area contributed by atoms with Crippen LogP contribution in [0.4, 0.5) is 49.1 Å². The normalized spacial score (nSPS) is 12.4. The molecule has 0 spiro atoms. The van der Waals surface area contributed by atoms with Gasteiger partial charge < -0.3 is 43.4 Å². The first-order chi connectivity index (χ1) is 20.1. The molecule has 14 heteroatoms. The third kappa shape index (κ3) is 6.00. The Labute approximate surface area is 247 Å². The van der Waals surface area contributed by atoms with Gasteiger partial charge in [0.2, 0.25) is 5.41 Å². The van der Waals surface area contributed by atoms with Crippen LogP contribution in [0.5, 0.6) is 23.0 Å². The zero-order chi connectivity index (χ0) is 33.4. The molecule has 4 aromatic rings. The summed E-state index contributed by atoms with van der Waals surface area (Å²) in [5.41, 5.74) is 16.1. The molecule has 0 aromatic heterocycles. The first-order valence-electron chi connectivity index (χ1n) is 12.6. The van der Waals surface area contributed by atoms with Crippen molar-refractivity contribution in [1.29, 1.82) is 0 Å². The van der Waals surface area contributed by atoms with E-state index in [1.165, 1.54) is 0 Å². The fourth-order valence-corrected chi connectivity index (χ4v) is 4.61. The third-order valence-electron chi connectivity index (χ3n) is 7.27. The zero-order valence-corrected chi connectivity index (χ0v) is 23.3. The molecule has 0 bridgehead atoms. The molecule has 4 aromatic carbocycles. The molecule has 0 amide bonds. The van der Waals surface area contributed by atoms with Crippen molar-refractivity contribution < 1.29 is 46.8 Å². The molecule has 44 heavy (non-hydrogen) atoms. The zero-order valence-electron chi connectivity index (χ0n) is 23.3. The predicted molar refractivity (Wildman–Crippen MR) is 155 cm³/mol. The molecule has 0 fully saturated rings. The Morgan fingerprint density at radius 1 is 0.432 bits per heavy atom. The van der Waals surface area contributed by atoms with Crippen LogP contribution < -0.4 is 22.9 Å². The summed E-state index contributed by atoms with van der Waals surface area (Å²) in [6.07, 6.45) is -11.6. The van der Waals surface area contributed by atoms with Gasteiger partial charge in [0.05, 0.1) is 22.7 Å². The second-order valence-electron chi connectivity index (χ2n) is 10.5. The Balaban J connectivity index is 0.000000249. The Morgan fingerprint density at radius 3 is 0.886 bits per heavy atom. The van der Waals surface area contributed by atoms with Crippen LogP contribution in [0, 0.1) is 0 Å². The number of benzene rings is 4. The molecule has 12 N–H and O–H groups in total. The van der Waals surface area contributed by atoms with Crippen LogP contribution in [-0.4, -0.2) is 32.8 Å². The van der Waals surface area contributed by atoms with E-state index in [9.17, 15) is 46.8 Å². The van der Waals surface area contributed by atoms with Gasteiger partial charge in [-0.05, 0) is 70.8 Å². The second kappa shape index (κ2) is 11.5. The minimum absolute atomic E-state index is 0.0739. The maximum Gasteiger partial charge on any atom is 0.411 e. The number of phenols is 4. The topological polar surface area (TPSA) is 185 Å². The van der Waals surface area contributed by atoms with Crippen molar-refractivity contribution in [2.24, 2.45) is 0 Å². The van der Waals surface area contributed by atoms with Crippen LogP contribution in [0.2, 0.25) is 0 Å². The van der Waals surface area contributed by atoms with E-state index in [4.69, 9.17) is 22.9 Å². The van der Waals surface area contributed by atoms with Crippen LogP contribution in [0.25, 0.3) is 0 Å². The van der Waals surface area contributed by atoms with Gasteiger partial charge in [-0.2, -0.15) is 26.3 Å². The van der Waals surface area contributed by atoms with Gasteiger partial charge in [-0.15, -0.1) is 0 Å². The standard InChI is InChI=1S/C15H12F6N2O2.C15H18N2O2/c16-14(17,18)13(15(19,20)21,7-1-3-11(24)9(22)5-7)8-2-4-12(25)10(23)6-8;1-15(2,9-3-5-13(18)11(16)7-9)10-4-6-14(19)12(17)8-10/h1-6,24-25H,22-23H2;3-8,18-19H,16-17H2,1-2H3. The van der Waals surface area contributed by atoms with Crippen LogP contribution in [0.1, 0.15) is 36.1 Å². The lowest BCUT2D eigenvalue weighted by atomic mass is 9.72. The lowest BCUT2D eigenvalue weighted by Crippen LogP contribution is -2.54. The first kappa shape index (κ1) is 33.4. The summed E-state index contributed by atoms with van der Waals surface area (Å²) in [4.78, 5) is 0. The minimum Gasteiger partial charge on any atom is -0.506 e. The lowest BCUT2D eigenvalue weighted by Gasteiger charge is -2.38. The van der Waals surface area contributed by atoms with Crippen molar-refractivity contribution in [3.05, 3.63) is 95.1 Å². The molecule has 0 saturated heterocycles. The smallest absolute Gasteiger partial charge is 0.411 e. The van der Waals surface area contributed by atoms with E-state index in [-0.39, 0.29) is 16.9 Å². The summed E-state index contributed by atoms with van der Waals surface area (Å²) >= 11 is 0. The van der Waals surface area contributed by atoms with Gasteiger partial charge in [0.15, 0.2) is 0 Å². The largest absolute Gasteiger partial charge is 0.506 e. The van der Waals surface area contributed by atoms with Crippen LogP contribution in [-0.2, 0) is 10.8 Å². The van der Waals surface area contributed by atoms with Crippen LogP contribution in [0.3, 0.4) is 0 Å². The summed E-state index contributed by atoms with van der Waals surface area (Å²) < 4.78 is 82.7. The summed E-state index contributed by atoms with van der Waals surface area (Å²) in [7, 11) is 0. The van der Waals surface area contributed by atoms with Gasteiger partial charge in [-0.1, -0.05) is 38.1 Å². The van der Waals surface area contributed by atoms with Crippen molar-refractivity contribution >= 4 is 22.7 Å². The molecule has 236 valence electrons. The molecule has 8 nitrogen and oxygen atoms in total. The monoisotopic (exact) mass is 624 g/mol. The van der Waals surface area contributed by atoms with Gasteiger partial charge in [-0.3, -0.25) is 0 Å². The van der Waals surface area contributed by atoms with E-state index in [2.05, 4.69) is 0 Å².